The van der Waals surface area contributed by atoms with Crippen LogP contribution < -0.4 is 4.90 Å². The lowest BCUT2D eigenvalue weighted by Crippen LogP contribution is -2.09. The van der Waals surface area contributed by atoms with Gasteiger partial charge in [0.25, 0.3) is 0 Å². The van der Waals surface area contributed by atoms with Gasteiger partial charge in [-0.25, -0.2) is 0 Å². The van der Waals surface area contributed by atoms with Gasteiger partial charge in [0.15, 0.2) is 0 Å². The summed E-state index contributed by atoms with van der Waals surface area (Å²) >= 11 is 0. The fourth-order valence-corrected chi connectivity index (χ4v) is 10.8. The standard InChI is InChI=1S/C68H43NO2/c1-3-13-44(14-4-1)45-25-27-46(28-26-45)47-29-36-53(37-30-47)69(54-38-31-50(32-39-54)58-21-11-23-60-64-56-19-9-7-17-49(56)35-42-63(64)70-66(58)60)55-40-33-51(34-41-55)59-22-12-24-61-65-57-20-10-8-18-52(57)43-62(68(65)71-67(59)61)48-15-5-2-6-16-48/h1-43H. The van der Waals surface area contributed by atoms with Crippen molar-refractivity contribution in [2.45, 2.75) is 0 Å². The monoisotopic (exact) mass is 905 g/mol. The van der Waals surface area contributed by atoms with Crippen LogP contribution in [0.3, 0.4) is 0 Å². The van der Waals surface area contributed by atoms with Crippen molar-refractivity contribution in [2.24, 2.45) is 0 Å². The molecule has 0 spiro atoms. The molecule has 2 heterocycles. The summed E-state index contributed by atoms with van der Waals surface area (Å²) in [5, 5.41) is 9.32. The molecule has 0 aliphatic rings. The SMILES string of the molecule is c1ccc(-c2ccc(-c3ccc(N(c4ccc(-c5cccc6c5oc5ccc7ccccc7c56)cc4)c4ccc(-c5cccc6c5oc5c(-c7ccccc7)cc7ccccc7c56)cc4)cc3)cc2)cc1. The number of fused-ring (bicyclic) bond motifs is 10. The van der Waals surface area contributed by atoms with E-state index in [1.54, 1.807) is 0 Å². The molecule has 0 saturated carbocycles. The summed E-state index contributed by atoms with van der Waals surface area (Å²) in [6, 6.07) is 93.3. The molecule has 0 aliphatic carbocycles. The summed E-state index contributed by atoms with van der Waals surface area (Å²) in [6.45, 7) is 0. The zero-order valence-electron chi connectivity index (χ0n) is 38.6. The molecule has 0 atom stereocenters. The van der Waals surface area contributed by atoms with Crippen LogP contribution in [0.2, 0.25) is 0 Å². The highest BCUT2D eigenvalue weighted by Crippen LogP contribution is 2.45. The predicted octanol–water partition coefficient (Wildman–Crippen LogP) is 19.6. The first-order valence-corrected chi connectivity index (χ1v) is 24.2. The number of benzene rings is 12. The largest absolute Gasteiger partial charge is 0.455 e. The van der Waals surface area contributed by atoms with E-state index in [9.17, 15) is 0 Å². The van der Waals surface area contributed by atoms with Gasteiger partial charge in [0.2, 0.25) is 0 Å². The highest BCUT2D eigenvalue weighted by molar-refractivity contribution is 6.24. The van der Waals surface area contributed by atoms with Crippen molar-refractivity contribution in [1.82, 2.24) is 0 Å². The van der Waals surface area contributed by atoms with Crippen molar-refractivity contribution in [3.8, 4) is 55.6 Å². The van der Waals surface area contributed by atoms with Crippen molar-refractivity contribution < 1.29 is 8.83 Å². The Hall–Kier alpha value is -9.44. The van der Waals surface area contributed by atoms with Crippen LogP contribution in [-0.4, -0.2) is 0 Å². The van der Waals surface area contributed by atoms with Crippen molar-refractivity contribution in [3.05, 3.63) is 261 Å². The van der Waals surface area contributed by atoms with Gasteiger partial charge in [0, 0.05) is 55.3 Å². The Labute approximate surface area is 410 Å². The lowest BCUT2D eigenvalue weighted by Gasteiger charge is -2.26. The van der Waals surface area contributed by atoms with Crippen molar-refractivity contribution >= 4 is 82.5 Å². The molecular formula is C68H43NO2. The van der Waals surface area contributed by atoms with Gasteiger partial charge in [0.1, 0.15) is 22.3 Å². The number of para-hydroxylation sites is 2. The van der Waals surface area contributed by atoms with Crippen LogP contribution in [0.1, 0.15) is 0 Å². The molecule has 0 fully saturated rings. The second kappa shape index (κ2) is 16.7. The van der Waals surface area contributed by atoms with E-state index in [4.69, 9.17) is 8.83 Å². The minimum atomic E-state index is 0.885. The van der Waals surface area contributed by atoms with Gasteiger partial charge >= 0.3 is 0 Å². The summed E-state index contributed by atoms with van der Waals surface area (Å²) < 4.78 is 13.7. The van der Waals surface area contributed by atoms with Gasteiger partial charge in [-0.2, -0.15) is 0 Å². The van der Waals surface area contributed by atoms with Crippen LogP contribution in [-0.2, 0) is 0 Å². The Morgan fingerprint density at radius 1 is 0.239 bits per heavy atom. The molecule has 0 saturated heterocycles. The van der Waals surface area contributed by atoms with E-state index in [1.165, 1.54) is 38.2 Å². The fraction of sp³-hybridized carbons (Fsp3) is 0. The third-order valence-electron chi connectivity index (χ3n) is 14.3. The minimum Gasteiger partial charge on any atom is -0.455 e. The zero-order valence-corrected chi connectivity index (χ0v) is 38.6. The first-order chi connectivity index (χ1) is 35.2. The molecule has 0 amide bonds. The molecule has 14 aromatic rings. The van der Waals surface area contributed by atoms with E-state index in [1.807, 2.05) is 0 Å². The van der Waals surface area contributed by atoms with Gasteiger partial charge < -0.3 is 13.7 Å². The molecular weight excluding hydrogens is 863 g/mol. The Bertz CT molecular complexity index is 4280. The number of anilines is 3. The maximum Gasteiger partial charge on any atom is 0.143 e. The van der Waals surface area contributed by atoms with Crippen LogP contribution in [0, 0.1) is 0 Å². The fourth-order valence-electron chi connectivity index (χ4n) is 10.8. The summed E-state index contributed by atoms with van der Waals surface area (Å²) in [7, 11) is 0. The van der Waals surface area contributed by atoms with E-state index >= 15 is 0 Å². The molecule has 0 radical (unpaired) electrons. The third kappa shape index (κ3) is 6.89. The molecule has 3 nitrogen and oxygen atoms in total. The average molecular weight is 906 g/mol. The smallest absolute Gasteiger partial charge is 0.143 e. The van der Waals surface area contributed by atoms with Crippen LogP contribution in [0.4, 0.5) is 17.1 Å². The quantitative estimate of drug-likeness (QED) is 0.152. The number of hydrogen-bond donors (Lipinski definition) is 0. The van der Waals surface area contributed by atoms with Crippen molar-refractivity contribution in [1.29, 1.82) is 0 Å². The van der Waals surface area contributed by atoms with E-state index < -0.39 is 0 Å². The molecule has 12 aromatic carbocycles. The molecule has 0 unspecified atom stereocenters. The number of furan rings is 2. The van der Waals surface area contributed by atoms with E-state index in [2.05, 4.69) is 266 Å². The first kappa shape index (κ1) is 40.6. The molecule has 2 aromatic heterocycles. The molecule has 71 heavy (non-hydrogen) atoms. The topological polar surface area (TPSA) is 29.5 Å². The molecule has 3 heteroatoms. The normalized spacial score (nSPS) is 11.7. The number of rotatable bonds is 8. The van der Waals surface area contributed by atoms with Gasteiger partial charge in [-0.3, -0.25) is 0 Å². The highest BCUT2D eigenvalue weighted by atomic mass is 16.3. The first-order valence-electron chi connectivity index (χ1n) is 24.2. The third-order valence-corrected chi connectivity index (χ3v) is 14.3. The Kier molecular flexibility index (Phi) is 9.53. The maximum absolute atomic E-state index is 7.02. The summed E-state index contributed by atoms with van der Waals surface area (Å²) in [5.41, 5.74) is 18.0. The second-order valence-electron chi connectivity index (χ2n) is 18.4. The Balaban J connectivity index is 0.862. The molecule has 0 N–H and O–H groups in total. The lowest BCUT2D eigenvalue weighted by atomic mass is 9.95. The summed E-state index contributed by atoms with van der Waals surface area (Å²) in [5.74, 6) is 0. The average Bonchev–Trinajstić information content (AvgIpc) is 4.05. The van der Waals surface area contributed by atoms with Gasteiger partial charge in [-0.1, -0.05) is 212 Å². The maximum atomic E-state index is 7.02. The highest BCUT2D eigenvalue weighted by Gasteiger charge is 2.21. The molecule has 332 valence electrons. The van der Waals surface area contributed by atoms with Crippen LogP contribution in [0.5, 0.6) is 0 Å². The van der Waals surface area contributed by atoms with E-state index in [-0.39, 0.29) is 0 Å². The number of nitrogens with zero attached hydrogens (tertiary/aromatic N) is 1. The predicted molar refractivity (Wildman–Crippen MR) is 298 cm³/mol. The van der Waals surface area contributed by atoms with Crippen LogP contribution in [0.25, 0.3) is 121 Å². The zero-order chi connectivity index (χ0) is 46.8. The lowest BCUT2D eigenvalue weighted by molar-refractivity contribution is 0.670. The molecule has 14 rings (SSSR count). The van der Waals surface area contributed by atoms with E-state index in [0.29, 0.717) is 0 Å². The molecule has 0 bridgehead atoms. The van der Waals surface area contributed by atoms with Crippen LogP contribution >= 0.6 is 0 Å². The van der Waals surface area contributed by atoms with Crippen LogP contribution in [0.15, 0.2) is 270 Å². The van der Waals surface area contributed by atoms with Gasteiger partial charge in [-0.05, 0) is 109 Å². The number of hydrogen-bond acceptors (Lipinski definition) is 3. The van der Waals surface area contributed by atoms with Crippen molar-refractivity contribution in [2.75, 3.05) is 4.90 Å². The van der Waals surface area contributed by atoms with Gasteiger partial charge in [-0.15, -0.1) is 0 Å². The summed E-state index contributed by atoms with van der Waals surface area (Å²) in [6.07, 6.45) is 0. The van der Waals surface area contributed by atoms with E-state index in [0.717, 1.165) is 99.9 Å². The Morgan fingerprint density at radius 3 is 1.23 bits per heavy atom. The Morgan fingerprint density at radius 2 is 0.648 bits per heavy atom. The second-order valence-corrected chi connectivity index (χ2v) is 18.4. The summed E-state index contributed by atoms with van der Waals surface area (Å²) in [4.78, 5) is 2.34. The molecule has 0 aliphatic heterocycles. The van der Waals surface area contributed by atoms with Crippen molar-refractivity contribution in [3.63, 3.8) is 0 Å². The van der Waals surface area contributed by atoms with Gasteiger partial charge in [0.05, 0.1) is 0 Å². The minimum absolute atomic E-state index is 0.885.